The number of hydrogen-bond donors (Lipinski definition) is 0. The third kappa shape index (κ3) is 9.68. The normalized spacial score (nSPS) is 12.6. The third-order valence-corrected chi connectivity index (χ3v) is 14.4. The fourth-order valence-electron chi connectivity index (χ4n) is 10.4. The molecule has 0 fully saturated rings. The van der Waals surface area contributed by atoms with Gasteiger partial charge < -0.3 is 9.30 Å². The maximum atomic E-state index is 14.7. The van der Waals surface area contributed by atoms with Gasteiger partial charge in [-0.3, -0.25) is 0 Å². The van der Waals surface area contributed by atoms with Crippen LogP contribution < -0.4 is 13.9 Å². The zero-order valence-electron chi connectivity index (χ0n) is 44.6. The van der Waals surface area contributed by atoms with Crippen LogP contribution in [0.3, 0.4) is 0 Å². The van der Waals surface area contributed by atoms with Crippen molar-refractivity contribution in [3.8, 4) is 50.7 Å². The van der Waals surface area contributed by atoms with Gasteiger partial charge in [0.15, 0.2) is 0 Å². The number of ether oxygens (including phenoxy) is 1. The Morgan fingerprint density at radius 1 is 0.553 bits per heavy atom. The molecule has 10 aromatic rings. The molecule has 8 aromatic carbocycles. The average molecular weight is 1180 g/mol. The predicted octanol–water partition coefficient (Wildman–Crippen LogP) is 18.5. The molecular weight excluding hydrogens is 1120 g/mol. The maximum Gasteiger partial charge on any atom is 2.00 e. The second kappa shape index (κ2) is 20.2. The number of halogens is 2. The average Bonchev–Trinajstić information content (AvgIpc) is 4.02. The van der Waals surface area contributed by atoms with Crippen molar-refractivity contribution in [2.75, 3.05) is 0 Å². The van der Waals surface area contributed by atoms with Gasteiger partial charge in [-0.15, -0.1) is 29.1 Å². The van der Waals surface area contributed by atoms with Crippen LogP contribution in [0.2, 0.25) is 0 Å². The van der Waals surface area contributed by atoms with E-state index in [0.29, 0.717) is 17.2 Å². The van der Waals surface area contributed by atoms with E-state index in [-0.39, 0.29) is 55.4 Å². The molecule has 0 aliphatic carbocycles. The van der Waals surface area contributed by atoms with Crippen molar-refractivity contribution < 1.29 is 34.6 Å². The van der Waals surface area contributed by atoms with E-state index >= 15 is 0 Å². The fraction of sp³-hybridized carbons (Fsp3) is 0.206. The number of benzene rings is 8. The Morgan fingerprint density at radius 3 is 1.72 bits per heavy atom. The minimum Gasteiger partial charge on any atom is -0.509 e. The largest absolute Gasteiger partial charge is 2.00 e. The van der Waals surface area contributed by atoms with Crippen molar-refractivity contribution in [3.63, 3.8) is 0 Å². The smallest absolute Gasteiger partial charge is 0.509 e. The molecule has 0 bridgehead atoms. The predicted molar refractivity (Wildman–Crippen MR) is 305 cm³/mol. The molecule has 1 aliphatic rings. The first-order valence-corrected chi connectivity index (χ1v) is 25.9. The Bertz CT molecular complexity index is 3850. The van der Waals surface area contributed by atoms with E-state index in [1.807, 2.05) is 48.7 Å². The molecule has 0 saturated carbocycles. The number of nitrogens with zero attached hydrogens (tertiary/aromatic N) is 4. The molecule has 0 spiro atoms. The van der Waals surface area contributed by atoms with E-state index in [1.54, 1.807) is 0 Å². The molecule has 0 unspecified atom stereocenters. The van der Waals surface area contributed by atoms with Crippen LogP contribution in [0.4, 0.5) is 31.5 Å². The van der Waals surface area contributed by atoms with E-state index in [2.05, 4.69) is 198 Å². The molecule has 2 aromatic heterocycles. The van der Waals surface area contributed by atoms with Gasteiger partial charge in [0.1, 0.15) is 23.1 Å². The van der Waals surface area contributed by atoms with Crippen LogP contribution in [0.1, 0.15) is 103 Å². The van der Waals surface area contributed by atoms with E-state index in [0.717, 1.165) is 83.6 Å². The Hall–Kier alpha value is -7.56. The van der Waals surface area contributed by atoms with Gasteiger partial charge in [-0.05, 0) is 126 Å². The van der Waals surface area contributed by atoms with Crippen LogP contribution in [0, 0.1) is 23.8 Å². The van der Waals surface area contributed by atoms with Crippen molar-refractivity contribution in [2.24, 2.45) is 0 Å². The summed E-state index contributed by atoms with van der Waals surface area (Å²) in [6.07, 6.45) is 1.89. The Labute approximate surface area is 459 Å². The monoisotopic (exact) mass is 1180 g/mol. The van der Waals surface area contributed by atoms with Crippen LogP contribution in [0.5, 0.6) is 11.5 Å². The maximum absolute atomic E-state index is 14.7. The third-order valence-electron chi connectivity index (χ3n) is 14.4. The molecule has 0 atom stereocenters. The number of para-hydroxylation sites is 3. The number of hydrogen-bond acceptors (Lipinski definition) is 2. The van der Waals surface area contributed by atoms with Gasteiger partial charge in [0.25, 0.3) is 11.4 Å². The molecule has 0 amide bonds. The summed E-state index contributed by atoms with van der Waals surface area (Å²) < 4.78 is 42.8. The first-order chi connectivity index (χ1) is 35.9. The molecule has 380 valence electrons. The van der Waals surface area contributed by atoms with E-state index in [4.69, 9.17) is 9.72 Å². The molecule has 0 saturated heterocycles. The summed E-state index contributed by atoms with van der Waals surface area (Å²) in [6.45, 7) is 22.1. The number of pyridine rings is 1. The quantitative estimate of drug-likeness (QED) is 0.101. The van der Waals surface area contributed by atoms with Crippen LogP contribution in [-0.4, -0.2) is 15.6 Å². The van der Waals surface area contributed by atoms with Gasteiger partial charge in [0, 0.05) is 35.3 Å². The Morgan fingerprint density at radius 2 is 1.13 bits per heavy atom. The van der Waals surface area contributed by atoms with Gasteiger partial charge in [0.2, 0.25) is 5.69 Å². The van der Waals surface area contributed by atoms with Crippen LogP contribution >= 0.6 is 0 Å². The molecule has 76 heavy (non-hydrogen) atoms. The zero-order valence-corrected chi connectivity index (χ0v) is 46.9. The van der Waals surface area contributed by atoms with Gasteiger partial charge >= 0.3 is 27.1 Å². The molecule has 5 nitrogen and oxygen atoms in total. The Balaban J connectivity index is 0.00000657. The second-order valence-corrected chi connectivity index (χ2v) is 22.4. The first-order valence-electron chi connectivity index (χ1n) is 25.9. The number of fused-ring (bicyclic) bond motifs is 4. The van der Waals surface area contributed by atoms with Crippen molar-refractivity contribution in [2.45, 2.75) is 91.9 Å². The van der Waals surface area contributed by atoms with Crippen molar-refractivity contribution in [3.05, 3.63) is 216 Å². The number of aromatic nitrogens is 2. The minimum absolute atomic E-state index is 0. The minimum atomic E-state index is -0.322. The van der Waals surface area contributed by atoms with Gasteiger partial charge in [0.05, 0.1) is 11.1 Å². The topological polar surface area (TPSA) is 33.1 Å². The van der Waals surface area contributed by atoms with Gasteiger partial charge in [-0.1, -0.05) is 164 Å². The molecule has 1 aliphatic heterocycles. The molecule has 11 rings (SSSR count). The van der Waals surface area contributed by atoms with E-state index in [1.165, 1.54) is 41.0 Å². The summed E-state index contributed by atoms with van der Waals surface area (Å²) in [4.78, 5) is 4.92. The Kier molecular flexibility index (Phi) is 13.8. The molecule has 3 heterocycles. The SMILES string of the molecule is CC(C)c1cccc(C(C)C)c1-c1cc(Oc2[c-]c3c(cc2)c2ccccc2n3-c2cc(C(C)(C)C)ccn2)[c-]c([N+]2=C=[N+](c3c(-c4ccc(F)cc4)cc(C(C)(C)C)cc3-c3ccc(F)cc3)c3ccccc32)c1.[Pt+2]. The molecule has 0 N–H and O–H groups in total. The van der Waals surface area contributed by atoms with Gasteiger partial charge in [-0.2, -0.15) is 6.07 Å². The van der Waals surface area contributed by atoms with Crippen LogP contribution in [-0.2, 0) is 31.9 Å². The van der Waals surface area contributed by atoms with Crippen molar-refractivity contribution >= 4 is 50.6 Å². The summed E-state index contributed by atoms with van der Waals surface area (Å²) in [6, 6.07) is 64.8. The van der Waals surface area contributed by atoms with Gasteiger partial charge in [-0.25, -0.2) is 13.8 Å². The summed E-state index contributed by atoms with van der Waals surface area (Å²) in [5.41, 5.74) is 15.1. The summed E-state index contributed by atoms with van der Waals surface area (Å²) in [7, 11) is 0. The second-order valence-electron chi connectivity index (χ2n) is 22.4. The summed E-state index contributed by atoms with van der Waals surface area (Å²) in [5, 5.41) is 2.14. The summed E-state index contributed by atoms with van der Waals surface area (Å²) >= 11 is 0. The molecule has 8 heteroatoms. The molecular formula is C68H60F2N4OPt+2. The van der Waals surface area contributed by atoms with Crippen LogP contribution in [0.25, 0.3) is 61.0 Å². The standard InChI is InChI=1S/C68H60F2N4O.Pt/c1-42(2)54-17-15-18-55(43(3)4)65(54)46-34-51(39-53(35-46)75-52-30-31-57-56-16-11-12-19-60(56)74(63(57)40-52)64-38-47(32-33-71-64)67(5,6)7)72-41-73(62-21-14-13-20-61(62)72)66-58(44-22-26-49(69)27-23-44)36-48(68(8,9)10)37-59(66)45-24-28-50(70)29-25-45;/h11-38,42-43H,1-10H3;/q;+2. The summed E-state index contributed by atoms with van der Waals surface area (Å²) in [5.74, 6) is 1.66. The van der Waals surface area contributed by atoms with E-state index in [9.17, 15) is 8.78 Å². The molecule has 0 radical (unpaired) electrons. The fourth-order valence-corrected chi connectivity index (χ4v) is 10.4. The van der Waals surface area contributed by atoms with Crippen molar-refractivity contribution in [1.82, 2.24) is 18.7 Å². The van der Waals surface area contributed by atoms with Crippen LogP contribution in [0.15, 0.2) is 170 Å². The number of rotatable bonds is 10. The van der Waals surface area contributed by atoms with Crippen molar-refractivity contribution in [1.29, 1.82) is 0 Å². The van der Waals surface area contributed by atoms with E-state index < -0.39 is 0 Å². The zero-order chi connectivity index (χ0) is 52.5. The first kappa shape index (κ1) is 51.9.